The molecule has 0 spiro atoms. The molecule has 2 aromatic carbocycles. The molecule has 1 aliphatic carbocycles. The van der Waals surface area contributed by atoms with E-state index in [0.29, 0.717) is 12.1 Å². The van der Waals surface area contributed by atoms with E-state index in [1.54, 1.807) is 24.3 Å². The van der Waals surface area contributed by atoms with E-state index in [-0.39, 0.29) is 17.9 Å². The molecule has 2 amide bonds. The van der Waals surface area contributed by atoms with Gasteiger partial charge in [-0.15, -0.1) is 0 Å². The first kappa shape index (κ1) is 16.1. The molecule has 0 heterocycles. The Labute approximate surface area is 141 Å². The Kier molecular flexibility index (Phi) is 4.51. The van der Waals surface area contributed by atoms with E-state index in [0.717, 1.165) is 18.5 Å². The number of nitrogens with two attached hydrogens (primary N) is 1. The van der Waals surface area contributed by atoms with Gasteiger partial charge >= 0.3 is 0 Å². The van der Waals surface area contributed by atoms with Gasteiger partial charge in [0.15, 0.2) is 0 Å². The minimum Gasteiger partial charge on any atom is -0.376 e. The Bertz CT molecular complexity index is 722. The molecule has 0 aliphatic heterocycles. The second kappa shape index (κ2) is 6.74. The second-order valence-electron chi connectivity index (χ2n) is 6.22. The summed E-state index contributed by atoms with van der Waals surface area (Å²) in [6, 6.07) is 17.1. The van der Waals surface area contributed by atoms with Crippen LogP contribution >= 0.6 is 0 Å². The molecule has 2 aromatic rings. The zero-order chi connectivity index (χ0) is 17.0. The monoisotopic (exact) mass is 323 g/mol. The normalized spacial score (nSPS) is 14.7. The molecule has 0 saturated heterocycles. The van der Waals surface area contributed by atoms with Crippen molar-refractivity contribution >= 4 is 17.5 Å². The van der Waals surface area contributed by atoms with Crippen LogP contribution < -0.4 is 16.4 Å². The van der Waals surface area contributed by atoms with Crippen molar-refractivity contribution < 1.29 is 9.59 Å². The topological polar surface area (TPSA) is 84.2 Å². The summed E-state index contributed by atoms with van der Waals surface area (Å²) in [5, 5.41) is 6.05. The number of hydrogen-bond donors (Lipinski definition) is 3. The van der Waals surface area contributed by atoms with Crippen molar-refractivity contribution in [3.05, 3.63) is 65.7 Å². The molecule has 1 saturated carbocycles. The summed E-state index contributed by atoms with van der Waals surface area (Å²) in [5.74, 6) is -0.508. The van der Waals surface area contributed by atoms with Crippen molar-refractivity contribution in [2.75, 3.05) is 18.4 Å². The Balaban J connectivity index is 1.47. The number of rotatable bonds is 7. The van der Waals surface area contributed by atoms with E-state index in [9.17, 15) is 9.59 Å². The average Bonchev–Trinajstić information content (AvgIpc) is 3.40. The van der Waals surface area contributed by atoms with Crippen LogP contribution in [0.25, 0.3) is 0 Å². The zero-order valence-electron chi connectivity index (χ0n) is 13.4. The van der Waals surface area contributed by atoms with Crippen LogP contribution in [0.2, 0.25) is 0 Å². The first-order chi connectivity index (χ1) is 11.6. The highest BCUT2D eigenvalue weighted by atomic mass is 16.2. The molecule has 0 atom stereocenters. The van der Waals surface area contributed by atoms with E-state index in [1.807, 2.05) is 18.2 Å². The average molecular weight is 323 g/mol. The molecule has 4 N–H and O–H groups in total. The van der Waals surface area contributed by atoms with Gasteiger partial charge in [0.05, 0.1) is 6.54 Å². The molecular weight excluding hydrogens is 302 g/mol. The van der Waals surface area contributed by atoms with Crippen LogP contribution in [0.15, 0.2) is 54.6 Å². The molecule has 0 bridgehead atoms. The lowest BCUT2D eigenvalue weighted by Crippen LogP contribution is -2.35. The smallest absolute Gasteiger partial charge is 0.248 e. The number of carbonyl (C=O) groups excluding carboxylic acids is 2. The van der Waals surface area contributed by atoms with Crippen LogP contribution in [-0.2, 0) is 10.2 Å². The molecular formula is C19H21N3O2. The highest BCUT2D eigenvalue weighted by molar-refractivity contribution is 5.93. The third-order valence-electron chi connectivity index (χ3n) is 4.49. The van der Waals surface area contributed by atoms with Gasteiger partial charge in [-0.1, -0.05) is 30.3 Å². The molecule has 1 fully saturated rings. The third kappa shape index (κ3) is 3.74. The number of amides is 2. The third-order valence-corrected chi connectivity index (χ3v) is 4.49. The van der Waals surface area contributed by atoms with Crippen LogP contribution in [0, 0.1) is 0 Å². The van der Waals surface area contributed by atoms with Gasteiger partial charge in [0.2, 0.25) is 11.8 Å². The SMILES string of the molecule is NC(=O)c1ccc(NCC(=O)NCC2(c3ccccc3)CC2)cc1. The number of hydrogen-bond acceptors (Lipinski definition) is 3. The highest BCUT2D eigenvalue weighted by Gasteiger charge is 2.44. The van der Waals surface area contributed by atoms with Gasteiger partial charge in [0.1, 0.15) is 0 Å². The van der Waals surface area contributed by atoms with Crippen LogP contribution in [0.3, 0.4) is 0 Å². The number of benzene rings is 2. The van der Waals surface area contributed by atoms with Crippen molar-refractivity contribution in [3.8, 4) is 0 Å². The van der Waals surface area contributed by atoms with Gasteiger partial charge in [-0.3, -0.25) is 9.59 Å². The molecule has 1 aliphatic rings. The predicted octanol–water partition coefficient (Wildman–Crippen LogP) is 2.05. The number of nitrogens with one attached hydrogen (secondary N) is 2. The predicted molar refractivity (Wildman–Crippen MR) is 93.8 cm³/mol. The van der Waals surface area contributed by atoms with E-state index < -0.39 is 5.91 Å². The molecule has 5 nitrogen and oxygen atoms in total. The Morgan fingerprint density at radius 2 is 1.67 bits per heavy atom. The maximum Gasteiger partial charge on any atom is 0.248 e. The van der Waals surface area contributed by atoms with Crippen molar-refractivity contribution in [3.63, 3.8) is 0 Å². The summed E-state index contributed by atoms with van der Waals surface area (Å²) in [7, 11) is 0. The largest absolute Gasteiger partial charge is 0.376 e. The summed E-state index contributed by atoms with van der Waals surface area (Å²) in [4.78, 5) is 23.1. The summed E-state index contributed by atoms with van der Waals surface area (Å²) in [6.07, 6.45) is 2.22. The molecule has 124 valence electrons. The van der Waals surface area contributed by atoms with Crippen molar-refractivity contribution in [2.24, 2.45) is 5.73 Å². The number of anilines is 1. The summed E-state index contributed by atoms with van der Waals surface area (Å²) in [5.41, 5.74) is 7.82. The maximum atomic E-state index is 12.0. The maximum absolute atomic E-state index is 12.0. The number of carbonyl (C=O) groups is 2. The van der Waals surface area contributed by atoms with Gasteiger partial charge < -0.3 is 16.4 Å². The summed E-state index contributed by atoms with van der Waals surface area (Å²) < 4.78 is 0. The Morgan fingerprint density at radius 3 is 2.25 bits per heavy atom. The molecule has 24 heavy (non-hydrogen) atoms. The minimum atomic E-state index is -0.463. The second-order valence-corrected chi connectivity index (χ2v) is 6.22. The first-order valence-electron chi connectivity index (χ1n) is 8.05. The van der Waals surface area contributed by atoms with E-state index in [1.165, 1.54) is 5.56 Å². The van der Waals surface area contributed by atoms with Gasteiger partial charge in [-0.2, -0.15) is 0 Å². The lowest BCUT2D eigenvalue weighted by molar-refractivity contribution is -0.119. The molecule has 0 unspecified atom stereocenters. The van der Waals surface area contributed by atoms with E-state index in [4.69, 9.17) is 5.73 Å². The molecule has 0 radical (unpaired) electrons. The molecule has 3 rings (SSSR count). The van der Waals surface area contributed by atoms with Crippen molar-refractivity contribution in [1.29, 1.82) is 0 Å². The fourth-order valence-corrected chi connectivity index (χ4v) is 2.78. The van der Waals surface area contributed by atoms with Crippen molar-refractivity contribution in [2.45, 2.75) is 18.3 Å². The first-order valence-corrected chi connectivity index (χ1v) is 8.05. The van der Waals surface area contributed by atoms with Crippen LogP contribution in [0.4, 0.5) is 5.69 Å². The quantitative estimate of drug-likeness (QED) is 0.729. The highest BCUT2D eigenvalue weighted by Crippen LogP contribution is 2.47. The van der Waals surface area contributed by atoms with Crippen LogP contribution in [-0.4, -0.2) is 24.9 Å². The van der Waals surface area contributed by atoms with Crippen LogP contribution in [0.1, 0.15) is 28.8 Å². The van der Waals surface area contributed by atoms with Gasteiger partial charge in [-0.05, 0) is 42.7 Å². The lowest BCUT2D eigenvalue weighted by atomic mass is 9.96. The Morgan fingerprint density at radius 1 is 1.00 bits per heavy atom. The molecule has 0 aromatic heterocycles. The van der Waals surface area contributed by atoms with Gasteiger partial charge in [-0.25, -0.2) is 0 Å². The summed E-state index contributed by atoms with van der Waals surface area (Å²) >= 11 is 0. The fourth-order valence-electron chi connectivity index (χ4n) is 2.78. The van der Waals surface area contributed by atoms with Crippen LogP contribution in [0.5, 0.6) is 0 Å². The van der Waals surface area contributed by atoms with Gasteiger partial charge in [0, 0.05) is 23.2 Å². The summed E-state index contributed by atoms with van der Waals surface area (Å²) in [6.45, 7) is 0.860. The fraction of sp³-hybridized carbons (Fsp3) is 0.263. The Hall–Kier alpha value is -2.82. The van der Waals surface area contributed by atoms with E-state index in [2.05, 4.69) is 22.8 Å². The number of primary amides is 1. The molecule has 5 heteroatoms. The standard InChI is InChI=1S/C19H21N3O2/c20-18(24)14-6-8-16(9-7-14)21-12-17(23)22-13-19(10-11-19)15-4-2-1-3-5-15/h1-9,21H,10-13H2,(H2,20,24)(H,22,23). The lowest BCUT2D eigenvalue weighted by Gasteiger charge is -2.17. The van der Waals surface area contributed by atoms with Gasteiger partial charge in [0.25, 0.3) is 0 Å². The minimum absolute atomic E-state index is 0.0452. The van der Waals surface area contributed by atoms with Crippen molar-refractivity contribution in [1.82, 2.24) is 5.32 Å². The van der Waals surface area contributed by atoms with E-state index >= 15 is 0 Å². The zero-order valence-corrected chi connectivity index (χ0v) is 13.4.